The summed E-state index contributed by atoms with van der Waals surface area (Å²) in [6, 6.07) is 8.86. The lowest BCUT2D eigenvalue weighted by molar-refractivity contribution is -0.141. The van der Waals surface area contributed by atoms with Crippen molar-refractivity contribution in [1.82, 2.24) is 4.57 Å². The highest BCUT2D eigenvalue weighted by Gasteiger charge is 2.52. The van der Waals surface area contributed by atoms with Crippen LogP contribution in [0.1, 0.15) is 22.5 Å². The molecule has 7 heteroatoms. The molecule has 120 valence electrons. The fraction of sp³-hybridized carbons (Fsp3) is 0.250. The summed E-state index contributed by atoms with van der Waals surface area (Å²) in [5.41, 5.74) is -1.15. The molecule has 23 heavy (non-hydrogen) atoms. The van der Waals surface area contributed by atoms with Gasteiger partial charge in [0.2, 0.25) is 0 Å². The van der Waals surface area contributed by atoms with Crippen molar-refractivity contribution in [3.05, 3.63) is 53.9 Å². The number of carboxylic acid groups (broad SMARTS) is 1. The number of ketones is 1. The summed E-state index contributed by atoms with van der Waals surface area (Å²) in [6.45, 7) is 0.437. The van der Waals surface area contributed by atoms with Gasteiger partial charge in [-0.2, -0.15) is 0 Å². The Morgan fingerprint density at radius 3 is 2.61 bits per heavy atom. The number of carbonyl (C=O) groups excluding carboxylic acids is 1. The van der Waals surface area contributed by atoms with E-state index < -0.39 is 27.0 Å². The lowest BCUT2D eigenvalue weighted by Gasteiger charge is -2.22. The molecule has 0 aliphatic carbocycles. The summed E-state index contributed by atoms with van der Waals surface area (Å²) < 4.78 is 25.1. The number of hydrogen-bond acceptors (Lipinski definition) is 4. The van der Waals surface area contributed by atoms with Crippen molar-refractivity contribution < 1.29 is 23.1 Å². The van der Waals surface area contributed by atoms with Gasteiger partial charge in [0.15, 0.2) is 21.0 Å². The van der Waals surface area contributed by atoms with E-state index in [1.54, 1.807) is 22.9 Å². The topological polar surface area (TPSA) is 93.4 Å². The molecule has 2 heterocycles. The molecule has 1 aliphatic rings. The van der Waals surface area contributed by atoms with Gasteiger partial charge in [-0.05, 0) is 30.7 Å². The number of fused-ring (bicyclic) bond motifs is 1. The molecule has 6 nitrogen and oxygen atoms in total. The van der Waals surface area contributed by atoms with Gasteiger partial charge in [-0.15, -0.1) is 0 Å². The van der Waals surface area contributed by atoms with Gasteiger partial charge in [0, 0.05) is 30.3 Å². The summed E-state index contributed by atoms with van der Waals surface area (Å²) in [7, 11) is -3.48. The molecule has 0 bridgehead atoms. The zero-order valence-corrected chi connectivity index (χ0v) is 13.2. The maximum absolute atomic E-state index is 13.0. The summed E-state index contributed by atoms with van der Waals surface area (Å²) in [4.78, 5) is 24.9. The molecule has 3 rings (SSSR count). The van der Waals surface area contributed by atoms with Crippen molar-refractivity contribution in [2.24, 2.45) is 0 Å². The van der Waals surface area contributed by atoms with Crippen LogP contribution in [-0.2, 0) is 26.6 Å². The van der Waals surface area contributed by atoms with Gasteiger partial charge in [-0.3, -0.25) is 9.59 Å². The van der Waals surface area contributed by atoms with Crippen LogP contribution in [0.3, 0.4) is 0 Å². The van der Waals surface area contributed by atoms with Crippen LogP contribution < -0.4 is 0 Å². The van der Waals surface area contributed by atoms with Gasteiger partial charge < -0.3 is 9.67 Å². The normalized spacial score (nSPS) is 20.2. The minimum absolute atomic E-state index is 0.00253. The highest BCUT2D eigenvalue weighted by Crippen LogP contribution is 2.38. The minimum Gasteiger partial charge on any atom is -0.480 e. The Kier molecular flexibility index (Phi) is 3.40. The van der Waals surface area contributed by atoms with Crippen LogP contribution in [0.25, 0.3) is 0 Å². The zero-order chi connectivity index (χ0) is 16.8. The van der Waals surface area contributed by atoms with Gasteiger partial charge in [0.05, 0.1) is 4.90 Å². The number of carbonyl (C=O) groups is 2. The molecule has 1 atom stereocenters. The number of nitrogens with zero attached hydrogens (tertiary/aromatic N) is 1. The number of Topliss-reactive ketones (excluding diaryl/α,β-unsaturated/α-hetero) is 1. The van der Waals surface area contributed by atoms with E-state index >= 15 is 0 Å². The highest BCUT2D eigenvalue weighted by molar-refractivity contribution is 7.90. The van der Waals surface area contributed by atoms with Crippen LogP contribution in [0.15, 0.2) is 47.5 Å². The predicted octanol–water partition coefficient (Wildman–Crippen LogP) is 1.50. The van der Waals surface area contributed by atoms with E-state index in [1.807, 2.05) is 0 Å². The lowest BCUT2D eigenvalue weighted by Crippen LogP contribution is -2.42. The van der Waals surface area contributed by atoms with Gasteiger partial charge in [-0.1, -0.05) is 12.1 Å². The highest BCUT2D eigenvalue weighted by atomic mass is 32.2. The van der Waals surface area contributed by atoms with Gasteiger partial charge in [-0.25, -0.2) is 8.42 Å². The van der Waals surface area contributed by atoms with E-state index in [1.165, 1.54) is 24.3 Å². The second-order valence-corrected chi connectivity index (χ2v) is 7.69. The minimum atomic E-state index is -3.48. The average molecular weight is 333 g/mol. The van der Waals surface area contributed by atoms with Gasteiger partial charge in [0.1, 0.15) is 0 Å². The first-order valence-electron chi connectivity index (χ1n) is 7.01. The van der Waals surface area contributed by atoms with E-state index in [2.05, 4.69) is 0 Å². The van der Waals surface area contributed by atoms with Crippen LogP contribution in [0.5, 0.6) is 0 Å². The smallest absolute Gasteiger partial charge is 0.323 e. The van der Waals surface area contributed by atoms with E-state index in [-0.39, 0.29) is 16.9 Å². The van der Waals surface area contributed by atoms with Crippen LogP contribution in [0.2, 0.25) is 0 Å². The van der Waals surface area contributed by atoms with Crippen molar-refractivity contribution in [3.8, 4) is 0 Å². The first kappa shape index (κ1) is 15.5. The molecule has 1 aromatic heterocycles. The number of aliphatic carboxylic acids is 1. The molecule has 0 fully saturated rings. The monoisotopic (exact) mass is 333 g/mol. The Labute approximate surface area is 133 Å². The Balaban J connectivity index is 2.14. The van der Waals surface area contributed by atoms with E-state index in [9.17, 15) is 23.1 Å². The second-order valence-electron chi connectivity index (χ2n) is 5.68. The zero-order valence-electron chi connectivity index (χ0n) is 12.4. The maximum atomic E-state index is 13.0. The molecule has 1 aromatic carbocycles. The molecule has 0 spiro atoms. The molecule has 0 saturated heterocycles. The fourth-order valence-electron chi connectivity index (χ4n) is 3.07. The Bertz CT molecular complexity index is 912. The third-order valence-corrected chi connectivity index (χ3v) is 5.38. The fourth-order valence-corrected chi connectivity index (χ4v) is 3.74. The number of aryl methyl sites for hydroxylation is 1. The standard InChI is InChI=1S/C16H15NO5S/c1-23(21,22)12-5-2-4-11(10-12)14(18)16(15(19)20)7-9-17-8-3-6-13(16)17/h2-6,8,10H,7,9H2,1H3,(H,19,20). The van der Waals surface area contributed by atoms with Crippen molar-refractivity contribution >= 4 is 21.6 Å². The molecule has 0 saturated carbocycles. The van der Waals surface area contributed by atoms with E-state index in [4.69, 9.17) is 0 Å². The number of benzene rings is 1. The van der Waals surface area contributed by atoms with Crippen molar-refractivity contribution in [1.29, 1.82) is 0 Å². The number of hydrogen-bond donors (Lipinski definition) is 1. The Hall–Kier alpha value is -2.41. The molecule has 1 N–H and O–H groups in total. The van der Waals surface area contributed by atoms with Crippen molar-refractivity contribution in [3.63, 3.8) is 0 Å². The predicted molar refractivity (Wildman–Crippen MR) is 82.2 cm³/mol. The SMILES string of the molecule is CS(=O)(=O)c1cccc(C(=O)C2(C(=O)O)CCn3cccc32)c1. The summed E-state index contributed by atoms with van der Waals surface area (Å²) in [6.07, 6.45) is 2.94. The number of sulfone groups is 1. The molecule has 1 aliphatic heterocycles. The van der Waals surface area contributed by atoms with Crippen LogP contribution in [0.4, 0.5) is 0 Å². The molecular weight excluding hydrogens is 318 g/mol. The van der Waals surface area contributed by atoms with Crippen molar-refractivity contribution in [2.45, 2.75) is 23.3 Å². The lowest BCUT2D eigenvalue weighted by atomic mass is 9.76. The maximum Gasteiger partial charge on any atom is 0.323 e. The first-order valence-corrected chi connectivity index (χ1v) is 8.90. The van der Waals surface area contributed by atoms with E-state index in [0.717, 1.165) is 6.26 Å². The van der Waals surface area contributed by atoms with Crippen LogP contribution >= 0.6 is 0 Å². The number of rotatable bonds is 4. The largest absolute Gasteiger partial charge is 0.480 e. The third-order valence-electron chi connectivity index (χ3n) is 4.27. The Morgan fingerprint density at radius 2 is 1.96 bits per heavy atom. The molecule has 0 radical (unpaired) electrons. The first-order chi connectivity index (χ1) is 10.8. The van der Waals surface area contributed by atoms with Crippen LogP contribution in [-0.4, -0.2) is 36.1 Å². The summed E-state index contributed by atoms with van der Waals surface area (Å²) in [5, 5.41) is 9.74. The average Bonchev–Trinajstić information content (AvgIpc) is 3.07. The molecule has 2 aromatic rings. The van der Waals surface area contributed by atoms with E-state index in [0.29, 0.717) is 12.2 Å². The van der Waals surface area contributed by atoms with Crippen LogP contribution in [0, 0.1) is 0 Å². The number of carboxylic acids is 1. The molecular formula is C16H15NO5S. The Morgan fingerprint density at radius 1 is 1.22 bits per heavy atom. The summed E-state index contributed by atoms with van der Waals surface area (Å²) in [5.74, 6) is -1.81. The number of aromatic nitrogens is 1. The third kappa shape index (κ3) is 2.28. The quantitative estimate of drug-likeness (QED) is 0.676. The van der Waals surface area contributed by atoms with Crippen molar-refractivity contribution in [2.75, 3.05) is 6.26 Å². The summed E-state index contributed by atoms with van der Waals surface area (Å²) >= 11 is 0. The molecule has 1 unspecified atom stereocenters. The molecule has 0 amide bonds. The van der Waals surface area contributed by atoms with Gasteiger partial charge in [0.25, 0.3) is 0 Å². The second kappa shape index (κ2) is 5.06. The van der Waals surface area contributed by atoms with Gasteiger partial charge >= 0.3 is 5.97 Å².